The summed E-state index contributed by atoms with van der Waals surface area (Å²) >= 11 is 6.31. The molecule has 0 unspecified atom stereocenters. The number of rotatable bonds is 10. The Labute approximate surface area is 299 Å². The maximum Gasteiger partial charge on any atom is 0.331 e. The molecule has 1 fully saturated rings. The van der Waals surface area contributed by atoms with E-state index in [2.05, 4.69) is 70.4 Å². The van der Waals surface area contributed by atoms with E-state index in [1.54, 1.807) is 0 Å². The number of fused-ring (bicyclic) bond motifs is 3. The molecule has 0 saturated heterocycles. The van der Waals surface area contributed by atoms with Crippen LogP contribution in [0.2, 0.25) is 23.2 Å². The number of nitrogens with one attached hydrogen (secondary N) is 1. The fraction of sp³-hybridized carbons (Fsp3) is 0.561. The van der Waals surface area contributed by atoms with Crippen LogP contribution in [0.15, 0.2) is 60.8 Å². The van der Waals surface area contributed by atoms with Crippen molar-refractivity contribution >= 4 is 31.6 Å². The molecule has 6 nitrogen and oxygen atoms in total. The van der Waals surface area contributed by atoms with Crippen LogP contribution < -0.4 is 10.1 Å². The highest BCUT2D eigenvalue weighted by Gasteiger charge is 2.54. The highest BCUT2D eigenvalue weighted by Crippen LogP contribution is 2.56. The van der Waals surface area contributed by atoms with Gasteiger partial charge in [0.05, 0.1) is 25.5 Å². The number of pyridine rings is 1. The lowest BCUT2D eigenvalue weighted by molar-refractivity contribution is -0.148. The number of nitrogens with zero attached hydrogens (tertiary/aromatic N) is 1. The van der Waals surface area contributed by atoms with Gasteiger partial charge in [0.15, 0.2) is 8.32 Å². The van der Waals surface area contributed by atoms with Crippen molar-refractivity contribution in [3.63, 3.8) is 0 Å². The Morgan fingerprint density at radius 3 is 2.55 bits per heavy atom. The van der Waals surface area contributed by atoms with Crippen molar-refractivity contribution in [3.8, 4) is 5.75 Å². The minimum atomic E-state index is -1.94. The number of ether oxygens (including phenoxy) is 2. The number of carbonyl (C=O) groups is 1. The summed E-state index contributed by atoms with van der Waals surface area (Å²) in [5.41, 5.74) is 5.30. The SMILES string of the molecule is COC(=O)C1(Nc2cccc(Cl)c2)CCC2(CC1)c1ccccc1C[C@@H]2C[C@@H](C)COc1ccnc2c1CCC[C@@H]2O[Si](C)(C)C(C)(C)C. The number of hydrogen-bond acceptors (Lipinski definition) is 6. The van der Waals surface area contributed by atoms with E-state index in [0.29, 0.717) is 36.3 Å². The van der Waals surface area contributed by atoms with E-state index in [4.69, 9.17) is 30.5 Å². The van der Waals surface area contributed by atoms with Crippen molar-refractivity contribution in [3.05, 3.63) is 88.2 Å². The molecule has 1 spiro atoms. The van der Waals surface area contributed by atoms with Crippen LogP contribution in [0.25, 0.3) is 0 Å². The summed E-state index contributed by atoms with van der Waals surface area (Å²) in [4.78, 5) is 18.2. The van der Waals surface area contributed by atoms with E-state index in [9.17, 15) is 4.79 Å². The molecule has 0 amide bonds. The standard InChI is InChI=1S/C41H55ClN2O4Si/c1-28(27-47-35-18-23-43-37-33(35)15-11-17-36(37)48-49(6,7)39(2,3)4)24-30-25-29-12-8-9-16-34(29)40(30)19-21-41(22-20-40,38(45)46-5)44-32-14-10-13-31(42)26-32/h8-10,12-14,16,18,23,26,28,30,36,44H,11,15,17,19-22,24-25,27H2,1-7H3/t28-,30+,36+,40?,41?/m1/s1. The van der Waals surface area contributed by atoms with Crippen molar-refractivity contribution in [2.75, 3.05) is 19.0 Å². The molecule has 1 N–H and O–H groups in total. The van der Waals surface area contributed by atoms with Crippen LogP contribution in [-0.2, 0) is 32.2 Å². The molecule has 1 saturated carbocycles. The van der Waals surface area contributed by atoms with E-state index < -0.39 is 13.9 Å². The Hall–Kier alpha value is -2.87. The molecule has 0 bridgehead atoms. The summed E-state index contributed by atoms with van der Waals surface area (Å²) < 4.78 is 19.0. The highest BCUT2D eigenvalue weighted by atomic mass is 35.5. The number of benzene rings is 2. The first-order valence-corrected chi connectivity index (χ1v) is 21.5. The van der Waals surface area contributed by atoms with Crippen LogP contribution >= 0.6 is 11.6 Å². The Balaban J connectivity index is 1.17. The fourth-order valence-corrected chi connectivity index (χ4v) is 10.1. The molecule has 49 heavy (non-hydrogen) atoms. The van der Waals surface area contributed by atoms with E-state index in [-0.39, 0.29) is 22.5 Å². The summed E-state index contributed by atoms with van der Waals surface area (Å²) in [6, 6.07) is 18.6. The van der Waals surface area contributed by atoms with Gasteiger partial charge in [-0.05, 0) is 129 Å². The Morgan fingerprint density at radius 1 is 1.08 bits per heavy atom. The summed E-state index contributed by atoms with van der Waals surface area (Å²) in [6.45, 7) is 14.5. The monoisotopic (exact) mass is 702 g/mol. The molecule has 264 valence electrons. The molecular formula is C41H55ClN2O4Si. The molecule has 3 aromatic rings. The van der Waals surface area contributed by atoms with Crippen LogP contribution in [0.1, 0.15) is 101 Å². The molecule has 2 aromatic carbocycles. The van der Waals surface area contributed by atoms with Crippen molar-refractivity contribution in [1.82, 2.24) is 4.98 Å². The van der Waals surface area contributed by atoms with Gasteiger partial charge in [0.25, 0.3) is 0 Å². The molecular weight excluding hydrogens is 648 g/mol. The van der Waals surface area contributed by atoms with Gasteiger partial charge in [0.1, 0.15) is 11.3 Å². The Morgan fingerprint density at radius 2 is 1.84 bits per heavy atom. The molecule has 1 heterocycles. The number of anilines is 1. The highest BCUT2D eigenvalue weighted by molar-refractivity contribution is 6.74. The minimum Gasteiger partial charge on any atom is -0.493 e. The maximum atomic E-state index is 13.4. The van der Waals surface area contributed by atoms with Gasteiger partial charge in [-0.25, -0.2) is 4.79 Å². The number of esters is 1. The molecule has 3 aliphatic rings. The fourth-order valence-electron chi connectivity index (χ4n) is 8.58. The second kappa shape index (κ2) is 14.0. The number of methoxy groups -OCH3 is 1. The minimum absolute atomic E-state index is 0.0164. The summed E-state index contributed by atoms with van der Waals surface area (Å²) in [7, 11) is -0.447. The average Bonchev–Trinajstić information content (AvgIpc) is 3.36. The van der Waals surface area contributed by atoms with E-state index in [1.165, 1.54) is 23.8 Å². The summed E-state index contributed by atoms with van der Waals surface area (Å²) in [5.74, 6) is 1.60. The topological polar surface area (TPSA) is 69.7 Å². The lowest BCUT2D eigenvalue weighted by atomic mass is 9.59. The van der Waals surface area contributed by atoms with Crippen LogP contribution in [0.5, 0.6) is 5.75 Å². The van der Waals surface area contributed by atoms with E-state index in [0.717, 1.165) is 62.1 Å². The third-order valence-electron chi connectivity index (χ3n) is 12.3. The van der Waals surface area contributed by atoms with E-state index in [1.807, 2.05) is 36.5 Å². The van der Waals surface area contributed by atoms with Crippen molar-refractivity contribution in [2.24, 2.45) is 11.8 Å². The first kappa shape index (κ1) is 35.9. The maximum absolute atomic E-state index is 13.4. The molecule has 8 heteroatoms. The molecule has 3 atom stereocenters. The average molecular weight is 703 g/mol. The van der Waals surface area contributed by atoms with Crippen LogP contribution in [0.3, 0.4) is 0 Å². The quantitative estimate of drug-likeness (QED) is 0.168. The first-order valence-electron chi connectivity index (χ1n) is 18.3. The lowest BCUT2D eigenvalue weighted by Crippen LogP contribution is -2.53. The molecule has 0 aliphatic heterocycles. The Bertz CT molecular complexity index is 1640. The van der Waals surface area contributed by atoms with Gasteiger partial charge < -0.3 is 19.2 Å². The molecule has 1 aromatic heterocycles. The van der Waals surface area contributed by atoms with Crippen molar-refractivity contribution in [2.45, 2.75) is 121 Å². The van der Waals surface area contributed by atoms with Crippen molar-refractivity contribution in [1.29, 1.82) is 0 Å². The van der Waals surface area contributed by atoms with Gasteiger partial charge in [-0.3, -0.25) is 4.98 Å². The predicted molar refractivity (Wildman–Crippen MR) is 201 cm³/mol. The third-order valence-corrected chi connectivity index (χ3v) is 17.0. The van der Waals surface area contributed by atoms with Gasteiger partial charge in [-0.1, -0.05) is 69.6 Å². The van der Waals surface area contributed by atoms with Crippen molar-refractivity contribution < 1.29 is 18.7 Å². The van der Waals surface area contributed by atoms with Crippen LogP contribution in [-0.4, -0.2) is 38.5 Å². The predicted octanol–water partition coefficient (Wildman–Crippen LogP) is 10.2. The zero-order valence-electron chi connectivity index (χ0n) is 30.5. The number of carbonyl (C=O) groups excluding carboxylic acids is 1. The van der Waals surface area contributed by atoms with Crippen LogP contribution in [0.4, 0.5) is 5.69 Å². The largest absolute Gasteiger partial charge is 0.493 e. The third kappa shape index (κ3) is 7.18. The second-order valence-electron chi connectivity index (χ2n) is 16.5. The molecule has 0 radical (unpaired) electrons. The zero-order valence-corrected chi connectivity index (χ0v) is 32.3. The van der Waals surface area contributed by atoms with Gasteiger partial charge >= 0.3 is 5.97 Å². The zero-order chi connectivity index (χ0) is 35.0. The summed E-state index contributed by atoms with van der Waals surface area (Å²) in [5, 5.41) is 4.36. The van der Waals surface area contributed by atoms with Gasteiger partial charge in [0.2, 0.25) is 0 Å². The smallest absolute Gasteiger partial charge is 0.331 e. The first-order chi connectivity index (χ1) is 23.3. The van der Waals surface area contributed by atoms with Gasteiger partial charge in [0, 0.05) is 22.5 Å². The number of hydrogen-bond donors (Lipinski definition) is 1. The van der Waals surface area contributed by atoms with Gasteiger partial charge in [-0.2, -0.15) is 0 Å². The number of halogens is 1. The van der Waals surface area contributed by atoms with Gasteiger partial charge in [-0.15, -0.1) is 0 Å². The Kier molecular flexibility index (Phi) is 10.3. The number of aromatic nitrogens is 1. The summed E-state index contributed by atoms with van der Waals surface area (Å²) in [6.07, 6.45) is 10.4. The second-order valence-corrected chi connectivity index (χ2v) is 21.7. The van der Waals surface area contributed by atoms with E-state index >= 15 is 0 Å². The molecule has 6 rings (SSSR count). The lowest BCUT2D eigenvalue weighted by Gasteiger charge is -2.47. The molecule has 3 aliphatic carbocycles. The normalized spacial score (nSPS) is 25.7. The van der Waals surface area contributed by atoms with Crippen LogP contribution in [0, 0.1) is 11.8 Å².